The molecule has 7 heavy (non-hydrogen) atoms. The van der Waals surface area contributed by atoms with Crippen LogP contribution in [0.3, 0.4) is 0 Å². The van der Waals surface area contributed by atoms with Crippen molar-refractivity contribution in [3.8, 4) is 0 Å². The van der Waals surface area contributed by atoms with Gasteiger partial charge < -0.3 is 0 Å². The van der Waals surface area contributed by atoms with Gasteiger partial charge in [0.05, 0.1) is 0 Å². The van der Waals surface area contributed by atoms with E-state index in [4.69, 9.17) is 0 Å². The minimum absolute atomic E-state index is 0. The Morgan fingerprint density at radius 2 is 1.71 bits per heavy atom. The molecule has 1 aliphatic rings. The summed E-state index contributed by atoms with van der Waals surface area (Å²) in [6.45, 7) is 0. The Kier molecular flexibility index (Phi) is 3.54. The third-order valence-electron chi connectivity index (χ3n) is 0.933. The maximum Gasteiger partial charge on any atom is 0 e. The molecule has 0 aromatic carbocycles. The van der Waals surface area contributed by atoms with E-state index < -0.39 is 0 Å². The Balaban J connectivity index is 0.000000360. The third-order valence-corrected chi connectivity index (χ3v) is 0.933. The molecule has 0 nitrogen and oxygen atoms in total. The van der Waals surface area contributed by atoms with Gasteiger partial charge in [-0.25, -0.2) is 0 Å². The molecule has 0 saturated heterocycles. The Labute approximate surface area is 46.5 Å². The van der Waals surface area contributed by atoms with Gasteiger partial charge in [0.2, 0.25) is 0 Å². The summed E-state index contributed by atoms with van der Waals surface area (Å²) in [5, 5.41) is 0. The first-order valence-corrected chi connectivity index (χ1v) is 2.39. The van der Waals surface area contributed by atoms with Crippen LogP contribution < -0.4 is 0 Å². The van der Waals surface area contributed by atoms with E-state index in [9.17, 15) is 0 Å². The Bertz CT molecular complexity index is 80.4. The zero-order valence-corrected chi connectivity index (χ0v) is 4.35. The molecule has 0 spiro atoms. The molecule has 0 amide bonds. The molecule has 1 aliphatic carbocycles. The Morgan fingerprint density at radius 1 is 1.14 bits per heavy atom. The lowest BCUT2D eigenvalue weighted by Crippen LogP contribution is -1.70. The van der Waals surface area contributed by atoms with E-state index in [1.807, 2.05) is 0 Å². The van der Waals surface area contributed by atoms with Gasteiger partial charge in [-0.3, -0.25) is 0 Å². The van der Waals surface area contributed by atoms with E-state index in [0.717, 1.165) is 0 Å². The maximum absolute atomic E-state index is 3.03. The van der Waals surface area contributed by atoms with Crippen LogP contribution in [-0.4, -0.2) is 8.41 Å². The van der Waals surface area contributed by atoms with Gasteiger partial charge in [0, 0.05) is 8.41 Å². The fraction of sp³-hybridized carbons (Fsp3) is 0.500. The monoisotopic (exact) mass is 91.1 g/mol. The molecule has 0 aromatic rings. The van der Waals surface area contributed by atoms with Crippen LogP contribution in [0.15, 0.2) is 17.9 Å². The fourth-order valence-electron chi connectivity index (χ4n) is 0.572. The van der Waals surface area contributed by atoms with Crippen LogP contribution in [0.2, 0.25) is 0 Å². The molecular weight excluding hydrogens is 82.9 g/mol. The summed E-state index contributed by atoms with van der Waals surface area (Å²) in [5.41, 5.74) is 3.03. The highest BCUT2D eigenvalue weighted by molar-refractivity contribution is 5.75. The molecule has 1 rings (SSSR count). The number of hydrogen-bond donors (Lipinski definition) is 0. The second-order valence-electron chi connectivity index (χ2n) is 1.51. The van der Waals surface area contributed by atoms with E-state index in [2.05, 4.69) is 17.9 Å². The van der Waals surface area contributed by atoms with Crippen molar-refractivity contribution >= 4 is 8.41 Å². The highest BCUT2D eigenvalue weighted by Crippen LogP contribution is 2.00. The molecule has 0 saturated carbocycles. The van der Waals surface area contributed by atoms with Crippen molar-refractivity contribution < 1.29 is 0 Å². The van der Waals surface area contributed by atoms with E-state index in [-0.39, 0.29) is 8.41 Å². The molecule has 1 heteroatoms. The first-order chi connectivity index (χ1) is 3.00. The van der Waals surface area contributed by atoms with Crippen LogP contribution in [-0.2, 0) is 0 Å². The van der Waals surface area contributed by atoms with Gasteiger partial charge in [0.25, 0.3) is 0 Å². The molecule has 0 unspecified atom stereocenters. The molecule has 0 bridgehead atoms. The fourth-order valence-corrected chi connectivity index (χ4v) is 0.572. The summed E-state index contributed by atoms with van der Waals surface area (Å²) in [4.78, 5) is 0. The highest BCUT2D eigenvalue weighted by atomic mass is 13.9. The van der Waals surface area contributed by atoms with Gasteiger partial charge in [0.15, 0.2) is 0 Å². The first kappa shape index (κ1) is 6.58. The second kappa shape index (κ2) is 3.76. The van der Waals surface area contributed by atoms with E-state index in [1.165, 1.54) is 19.3 Å². The van der Waals surface area contributed by atoms with E-state index in [0.29, 0.717) is 0 Å². The van der Waals surface area contributed by atoms with Crippen LogP contribution in [0, 0.1) is 0 Å². The van der Waals surface area contributed by atoms with Crippen molar-refractivity contribution in [1.29, 1.82) is 0 Å². The number of hydrogen-bond acceptors (Lipinski definition) is 0. The van der Waals surface area contributed by atoms with Crippen LogP contribution in [0.4, 0.5) is 0 Å². The molecule has 0 fully saturated rings. The standard InChI is InChI=1S/C6H8.B/c1-2-4-6-5-3-1;/h1,5H,2,4,6H2;. The van der Waals surface area contributed by atoms with Crippen molar-refractivity contribution in [2.45, 2.75) is 19.3 Å². The van der Waals surface area contributed by atoms with Gasteiger partial charge in [0.1, 0.15) is 0 Å². The van der Waals surface area contributed by atoms with Crippen LogP contribution in [0.1, 0.15) is 19.3 Å². The van der Waals surface area contributed by atoms with Crippen LogP contribution >= 0.6 is 0 Å². The van der Waals surface area contributed by atoms with Gasteiger partial charge in [-0.2, -0.15) is 0 Å². The average molecular weight is 90.9 g/mol. The topological polar surface area (TPSA) is 0 Å². The van der Waals surface area contributed by atoms with Crippen molar-refractivity contribution in [3.63, 3.8) is 0 Å². The first-order valence-electron chi connectivity index (χ1n) is 2.39. The number of rotatable bonds is 0. The Hall–Kier alpha value is -0.415. The summed E-state index contributed by atoms with van der Waals surface area (Å²) in [7, 11) is 0. The predicted octanol–water partition coefficient (Wildman–Crippen LogP) is 1.50. The largest absolute Gasteiger partial charge is 0.130 e. The summed E-state index contributed by atoms with van der Waals surface area (Å²) in [6, 6.07) is 0. The van der Waals surface area contributed by atoms with Crippen molar-refractivity contribution in [3.05, 3.63) is 17.9 Å². The summed E-state index contributed by atoms with van der Waals surface area (Å²) >= 11 is 0. The minimum atomic E-state index is 0. The lowest BCUT2D eigenvalue weighted by molar-refractivity contribution is 0.854. The highest BCUT2D eigenvalue weighted by Gasteiger charge is 1.81. The summed E-state index contributed by atoms with van der Waals surface area (Å²) in [6.07, 6.45) is 7.97. The predicted molar refractivity (Wildman–Crippen MR) is 32.3 cm³/mol. The van der Waals surface area contributed by atoms with Crippen LogP contribution in [0.5, 0.6) is 0 Å². The van der Waals surface area contributed by atoms with Crippen molar-refractivity contribution in [2.24, 2.45) is 0 Å². The lowest BCUT2D eigenvalue weighted by Gasteiger charge is -1.89. The molecular formula is C6H8B. The molecule has 0 heterocycles. The second-order valence-corrected chi connectivity index (χ2v) is 1.51. The SMILES string of the molecule is C1=CCCCC=1.[B]. The quantitative estimate of drug-likeness (QED) is 0.313. The maximum atomic E-state index is 3.03. The zero-order valence-electron chi connectivity index (χ0n) is 4.35. The third kappa shape index (κ3) is 2.30. The zero-order chi connectivity index (χ0) is 4.24. The molecule has 0 atom stereocenters. The minimum Gasteiger partial charge on any atom is -0.130 e. The number of allylic oxidation sites excluding steroid dienone is 1. The van der Waals surface area contributed by atoms with Crippen molar-refractivity contribution in [2.75, 3.05) is 0 Å². The molecule has 0 aromatic heterocycles. The van der Waals surface area contributed by atoms with Crippen LogP contribution in [0.25, 0.3) is 0 Å². The smallest absolute Gasteiger partial charge is 0 e. The van der Waals surface area contributed by atoms with Gasteiger partial charge in [-0.1, -0.05) is 0 Å². The normalized spacial score (nSPS) is 16.0. The summed E-state index contributed by atoms with van der Waals surface area (Å²) < 4.78 is 0. The Morgan fingerprint density at radius 3 is 1.86 bits per heavy atom. The molecule has 3 radical (unpaired) electrons. The van der Waals surface area contributed by atoms with E-state index in [1.54, 1.807) is 0 Å². The van der Waals surface area contributed by atoms with Gasteiger partial charge >= 0.3 is 0 Å². The van der Waals surface area contributed by atoms with Gasteiger partial charge in [-0.15, -0.1) is 5.73 Å². The molecule has 0 aliphatic heterocycles. The average Bonchev–Trinajstić information content (AvgIpc) is 1.72. The molecule has 0 N–H and O–H groups in total. The van der Waals surface area contributed by atoms with Crippen molar-refractivity contribution in [1.82, 2.24) is 0 Å². The lowest BCUT2D eigenvalue weighted by atomic mass is 10.2. The van der Waals surface area contributed by atoms with Gasteiger partial charge in [-0.05, 0) is 31.4 Å². The summed E-state index contributed by atoms with van der Waals surface area (Å²) in [5.74, 6) is 0. The molecule has 35 valence electrons. The van der Waals surface area contributed by atoms with E-state index >= 15 is 0 Å².